The third kappa shape index (κ3) is 2.57. The second kappa shape index (κ2) is 5.27. The Balaban J connectivity index is 1.86. The summed E-state index contributed by atoms with van der Waals surface area (Å²) >= 11 is 3.50. The third-order valence-electron chi connectivity index (χ3n) is 4.13. The molecule has 2 atom stereocenters. The Morgan fingerprint density at radius 2 is 2.26 bits per heavy atom. The van der Waals surface area contributed by atoms with Crippen LogP contribution in [0.3, 0.4) is 0 Å². The number of rotatable bonds is 3. The van der Waals surface area contributed by atoms with Crippen LogP contribution in [0.25, 0.3) is 11.0 Å². The summed E-state index contributed by atoms with van der Waals surface area (Å²) in [5, 5.41) is 4.58. The second-order valence-electron chi connectivity index (χ2n) is 5.32. The Kier molecular flexibility index (Phi) is 3.65. The highest BCUT2D eigenvalue weighted by Gasteiger charge is 2.25. The van der Waals surface area contributed by atoms with Gasteiger partial charge in [0.15, 0.2) is 0 Å². The number of halogens is 1. The van der Waals surface area contributed by atoms with Gasteiger partial charge in [0.1, 0.15) is 11.3 Å². The first-order chi connectivity index (χ1) is 9.15. The van der Waals surface area contributed by atoms with E-state index in [1.807, 2.05) is 12.1 Å². The van der Waals surface area contributed by atoms with Crippen molar-refractivity contribution >= 4 is 26.9 Å². The molecule has 3 nitrogen and oxygen atoms in total. The Hall–Kier alpha value is -0.840. The zero-order chi connectivity index (χ0) is 13.4. The van der Waals surface area contributed by atoms with Gasteiger partial charge >= 0.3 is 0 Å². The van der Waals surface area contributed by atoms with Crippen molar-refractivity contribution < 1.29 is 4.42 Å². The fourth-order valence-electron chi connectivity index (χ4n) is 2.74. The van der Waals surface area contributed by atoms with E-state index in [0.29, 0.717) is 12.1 Å². The zero-order valence-electron chi connectivity index (χ0n) is 11.3. The molecular weight excluding hydrogens is 304 g/mol. The first-order valence-electron chi connectivity index (χ1n) is 6.77. The van der Waals surface area contributed by atoms with Crippen molar-refractivity contribution in [2.75, 3.05) is 20.1 Å². The minimum Gasteiger partial charge on any atom is -0.459 e. The molecule has 2 aromatic rings. The molecule has 0 amide bonds. The van der Waals surface area contributed by atoms with Crippen molar-refractivity contribution in [3.8, 4) is 0 Å². The molecule has 0 bridgehead atoms. The average molecular weight is 323 g/mol. The number of hydrogen-bond donors (Lipinski definition) is 1. The number of fused-ring (bicyclic) bond motifs is 1. The highest BCUT2D eigenvalue weighted by Crippen LogP contribution is 2.30. The summed E-state index contributed by atoms with van der Waals surface area (Å²) in [6.45, 7) is 4.41. The molecule has 0 spiro atoms. The van der Waals surface area contributed by atoms with Crippen LogP contribution in [0.1, 0.15) is 25.1 Å². The normalized spacial score (nSPS) is 21.4. The van der Waals surface area contributed by atoms with Gasteiger partial charge in [-0.05, 0) is 51.2 Å². The molecule has 19 heavy (non-hydrogen) atoms. The van der Waals surface area contributed by atoms with Gasteiger partial charge < -0.3 is 9.73 Å². The number of hydrogen-bond acceptors (Lipinski definition) is 3. The molecule has 1 fully saturated rings. The van der Waals surface area contributed by atoms with E-state index in [4.69, 9.17) is 4.42 Å². The molecule has 0 radical (unpaired) electrons. The smallest absolute Gasteiger partial charge is 0.134 e. The van der Waals surface area contributed by atoms with E-state index in [1.165, 1.54) is 6.42 Å². The van der Waals surface area contributed by atoms with E-state index in [9.17, 15) is 0 Å². The van der Waals surface area contributed by atoms with Crippen LogP contribution in [0.15, 0.2) is 33.2 Å². The standard InChI is InChI=1S/C15H19BrN2O/c1-10(18(2)13-5-6-17-9-13)15-8-11-7-12(16)3-4-14(11)19-15/h3-4,7-8,10,13,17H,5-6,9H2,1-2H3. The Labute approximate surface area is 122 Å². The Morgan fingerprint density at radius 1 is 1.42 bits per heavy atom. The molecular formula is C15H19BrN2O. The summed E-state index contributed by atoms with van der Waals surface area (Å²) in [7, 11) is 2.19. The lowest BCUT2D eigenvalue weighted by Gasteiger charge is -2.28. The molecule has 1 aliphatic rings. The molecule has 2 heterocycles. The van der Waals surface area contributed by atoms with Gasteiger partial charge in [-0.3, -0.25) is 4.90 Å². The van der Waals surface area contributed by atoms with Gasteiger partial charge in [-0.1, -0.05) is 15.9 Å². The minimum absolute atomic E-state index is 0.302. The van der Waals surface area contributed by atoms with E-state index < -0.39 is 0 Å². The van der Waals surface area contributed by atoms with Crippen molar-refractivity contribution in [2.45, 2.75) is 25.4 Å². The van der Waals surface area contributed by atoms with Gasteiger partial charge in [0, 0.05) is 22.4 Å². The fraction of sp³-hybridized carbons (Fsp3) is 0.467. The SMILES string of the molecule is CC(c1cc2cc(Br)ccc2o1)N(C)C1CCNC1. The number of nitrogens with zero attached hydrogens (tertiary/aromatic N) is 1. The monoisotopic (exact) mass is 322 g/mol. The van der Waals surface area contributed by atoms with Crippen LogP contribution in [-0.2, 0) is 0 Å². The number of furan rings is 1. The van der Waals surface area contributed by atoms with E-state index >= 15 is 0 Å². The van der Waals surface area contributed by atoms with E-state index in [-0.39, 0.29) is 0 Å². The highest BCUT2D eigenvalue weighted by molar-refractivity contribution is 9.10. The molecule has 3 rings (SSSR count). The van der Waals surface area contributed by atoms with E-state index in [1.54, 1.807) is 0 Å². The average Bonchev–Trinajstić information content (AvgIpc) is 3.05. The largest absolute Gasteiger partial charge is 0.459 e. The van der Waals surface area contributed by atoms with Gasteiger partial charge in [-0.25, -0.2) is 0 Å². The van der Waals surface area contributed by atoms with Gasteiger partial charge in [0.05, 0.1) is 6.04 Å². The predicted molar refractivity (Wildman–Crippen MR) is 81.4 cm³/mol. The predicted octanol–water partition coefficient (Wildman–Crippen LogP) is 3.55. The lowest BCUT2D eigenvalue weighted by Crippen LogP contribution is -2.35. The van der Waals surface area contributed by atoms with Crippen LogP contribution in [0.4, 0.5) is 0 Å². The third-order valence-corrected chi connectivity index (χ3v) is 4.62. The minimum atomic E-state index is 0.302. The Bertz CT molecular complexity index is 575. The number of nitrogens with one attached hydrogen (secondary N) is 1. The highest BCUT2D eigenvalue weighted by atomic mass is 79.9. The molecule has 0 saturated carbocycles. The first kappa shape index (κ1) is 13.2. The summed E-state index contributed by atoms with van der Waals surface area (Å²) in [5.74, 6) is 1.04. The molecule has 0 aliphatic carbocycles. The summed E-state index contributed by atoms with van der Waals surface area (Å²) in [4.78, 5) is 2.41. The molecule has 1 aliphatic heterocycles. The van der Waals surface area contributed by atoms with E-state index in [0.717, 1.165) is 34.3 Å². The molecule has 1 aromatic carbocycles. The van der Waals surface area contributed by atoms with Gasteiger partial charge in [0.2, 0.25) is 0 Å². The first-order valence-corrected chi connectivity index (χ1v) is 7.56. The number of benzene rings is 1. The van der Waals surface area contributed by atoms with Crippen molar-refractivity contribution in [3.63, 3.8) is 0 Å². The fourth-order valence-corrected chi connectivity index (χ4v) is 3.12. The molecule has 4 heteroatoms. The lowest BCUT2D eigenvalue weighted by molar-refractivity contribution is 0.178. The van der Waals surface area contributed by atoms with Crippen LogP contribution in [-0.4, -0.2) is 31.1 Å². The molecule has 1 saturated heterocycles. The van der Waals surface area contributed by atoms with Gasteiger partial charge in [-0.15, -0.1) is 0 Å². The summed E-state index contributed by atoms with van der Waals surface area (Å²) < 4.78 is 7.07. The van der Waals surface area contributed by atoms with Crippen molar-refractivity contribution in [1.82, 2.24) is 10.2 Å². The summed E-state index contributed by atoms with van der Waals surface area (Å²) in [6.07, 6.45) is 1.21. The van der Waals surface area contributed by atoms with E-state index in [2.05, 4.69) is 52.3 Å². The molecule has 2 unspecified atom stereocenters. The van der Waals surface area contributed by atoms with Gasteiger partial charge in [-0.2, -0.15) is 0 Å². The second-order valence-corrected chi connectivity index (χ2v) is 6.23. The lowest BCUT2D eigenvalue weighted by atomic mass is 10.1. The van der Waals surface area contributed by atoms with Crippen molar-refractivity contribution in [3.05, 3.63) is 34.5 Å². The Morgan fingerprint density at radius 3 is 3.00 bits per heavy atom. The van der Waals surface area contributed by atoms with Crippen LogP contribution in [0, 0.1) is 0 Å². The topological polar surface area (TPSA) is 28.4 Å². The maximum Gasteiger partial charge on any atom is 0.134 e. The van der Waals surface area contributed by atoms with Crippen molar-refractivity contribution in [1.29, 1.82) is 0 Å². The van der Waals surface area contributed by atoms with Crippen molar-refractivity contribution in [2.24, 2.45) is 0 Å². The van der Waals surface area contributed by atoms with Gasteiger partial charge in [0.25, 0.3) is 0 Å². The number of likely N-dealkylation sites (N-methyl/N-ethyl adjacent to an activating group) is 1. The maximum absolute atomic E-state index is 5.98. The quantitative estimate of drug-likeness (QED) is 0.936. The van der Waals surface area contributed by atoms with Crippen LogP contribution in [0.5, 0.6) is 0 Å². The molecule has 102 valence electrons. The zero-order valence-corrected chi connectivity index (χ0v) is 12.9. The van der Waals surface area contributed by atoms with Crippen LogP contribution >= 0.6 is 15.9 Å². The van der Waals surface area contributed by atoms with Crippen LogP contribution < -0.4 is 5.32 Å². The maximum atomic E-state index is 5.98. The summed E-state index contributed by atoms with van der Waals surface area (Å²) in [5.41, 5.74) is 0.961. The molecule has 1 N–H and O–H groups in total. The summed E-state index contributed by atoms with van der Waals surface area (Å²) in [6, 6.07) is 9.21. The van der Waals surface area contributed by atoms with Crippen LogP contribution in [0.2, 0.25) is 0 Å². The molecule has 1 aromatic heterocycles.